The Balaban J connectivity index is 2.38. The van der Waals surface area contributed by atoms with Crippen LogP contribution in [0, 0.1) is 6.92 Å². The molecule has 1 aromatic rings. The number of carbonyl (C=O) groups excluding carboxylic acids is 1. The maximum Gasteiger partial charge on any atom is 0.153 e. The molecule has 0 bridgehead atoms. The highest BCUT2D eigenvalue weighted by Gasteiger charge is 2.19. The molecule has 16 heavy (non-hydrogen) atoms. The predicted molar refractivity (Wildman–Crippen MR) is 62.8 cm³/mol. The van der Waals surface area contributed by atoms with Gasteiger partial charge in [0.05, 0.1) is 5.56 Å². The molecule has 1 aliphatic heterocycles. The van der Waals surface area contributed by atoms with Gasteiger partial charge in [-0.25, -0.2) is 0 Å². The number of benzene rings is 1. The van der Waals surface area contributed by atoms with Crippen molar-refractivity contribution in [2.24, 2.45) is 0 Å². The lowest BCUT2D eigenvalue weighted by Crippen LogP contribution is -2.27. The molecule has 0 unspecified atom stereocenters. The van der Waals surface area contributed by atoms with Crippen molar-refractivity contribution >= 4 is 6.29 Å². The van der Waals surface area contributed by atoms with Gasteiger partial charge in [-0.15, -0.1) is 0 Å². The van der Waals surface area contributed by atoms with E-state index in [0.29, 0.717) is 11.8 Å². The summed E-state index contributed by atoms with van der Waals surface area (Å²) in [7, 11) is 0. The quantitative estimate of drug-likeness (QED) is 0.750. The van der Waals surface area contributed by atoms with Gasteiger partial charge in [-0.1, -0.05) is 12.5 Å². The lowest BCUT2D eigenvalue weighted by atomic mass is 9.94. The molecule has 1 saturated heterocycles. The van der Waals surface area contributed by atoms with Crippen LogP contribution in [-0.2, 0) is 0 Å². The maximum atomic E-state index is 10.8. The zero-order chi connectivity index (χ0) is 11.5. The summed E-state index contributed by atoms with van der Waals surface area (Å²) in [6.45, 7) is 2.92. The van der Waals surface area contributed by atoms with Crippen LogP contribution in [0.4, 0.5) is 0 Å². The fourth-order valence-electron chi connectivity index (χ4n) is 2.31. The highest BCUT2D eigenvalue weighted by molar-refractivity contribution is 5.80. The molecule has 1 atom stereocenters. The maximum absolute atomic E-state index is 10.8. The molecule has 0 aliphatic carbocycles. The van der Waals surface area contributed by atoms with Crippen LogP contribution in [0.5, 0.6) is 5.75 Å². The number of aldehydes is 1. The van der Waals surface area contributed by atoms with Crippen LogP contribution in [-0.4, -0.2) is 17.9 Å². The first-order valence-electron chi connectivity index (χ1n) is 5.74. The molecule has 1 heterocycles. The van der Waals surface area contributed by atoms with E-state index in [1.54, 1.807) is 6.07 Å². The van der Waals surface area contributed by atoms with Gasteiger partial charge in [-0.3, -0.25) is 4.79 Å². The Bertz CT molecular complexity index is 395. The van der Waals surface area contributed by atoms with Gasteiger partial charge in [0.2, 0.25) is 0 Å². The summed E-state index contributed by atoms with van der Waals surface area (Å²) in [5, 5.41) is 13.4. The van der Waals surface area contributed by atoms with Gasteiger partial charge in [-0.05, 0) is 37.9 Å². The van der Waals surface area contributed by atoms with Gasteiger partial charge in [0.1, 0.15) is 5.75 Å². The van der Waals surface area contributed by atoms with E-state index in [9.17, 15) is 9.90 Å². The average molecular weight is 219 g/mol. The van der Waals surface area contributed by atoms with Crippen molar-refractivity contribution in [3.05, 3.63) is 28.8 Å². The van der Waals surface area contributed by atoms with Crippen LogP contribution >= 0.6 is 0 Å². The van der Waals surface area contributed by atoms with Gasteiger partial charge in [-0.2, -0.15) is 0 Å². The number of nitrogens with one attached hydrogen (secondary N) is 1. The smallest absolute Gasteiger partial charge is 0.153 e. The van der Waals surface area contributed by atoms with Crippen molar-refractivity contribution in [2.45, 2.75) is 32.2 Å². The second-order valence-electron chi connectivity index (χ2n) is 4.41. The van der Waals surface area contributed by atoms with E-state index in [0.717, 1.165) is 24.1 Å². The number of rotatable bonds is 2. The molecule has 1 fully saturated rings. The van der Waals surface area contributed by atoms with Crippen molar-refractivity contribution in [3.63, 3.8) is 0 Å². The monoisotopic (exact) mass is 219 g/mol. The fraction of sp³-hybridized carbons (Fsp3) is 0.462. The largest absolute Gasteiger partial charge is 0.507 e. The van der Waals surface area contributed by atoms with Crippen LogP contribution in [0.25, 0.3) is 0 Å². The molecule has 2 N–H and O–H groups in total. The van der Waals surface area contributed by atoms with Crippen molar-refractivity contribution in [3.8, 4) is 5.75 Å². The van der Waals surface area contributed by atoms with Crippen LogP contribution < -0.4 is 5.32 Å². The number of phenols is 1. The topological polar surface area (TPSA) is 49.3 Å². The summed E-state index contributed by atoms with van der Waals surface area (Å²) >= 11 is 0. The zero-order valence-corrected chi connectivity index (χ0v) is 9.49. The molecule has 3 heteroatoms. The first-order chi connectivity index (χ1) is 7.72. The molecule has 86 valence electrons. The Hall–Kier alpha value is -1.35. The van der Waals surface area contributed by atoms with Gasteiger partial charge in [0.15, 0.2) is 6.29 Å². The summed E-state index contributed by atoms with van der Waals surface area (Å²) < 4.78 is 0. The van der Waals surface area contributed by atoms with E-state index in [1.165, 1.54) is 12.8 Å². The standard InChI is InChI=1S/C13H17NO2/c1-9-6-10(8-15)13(16)11(7-9)12-4-2-3-5-14-12/h6-8,12,14,16H,2-5H2,1H3/t12-/m1/s1. The number of piperidine rings is 1. The van der Waals surface area contributed by atoms with Crippen LogP contribution in [0.1, 0.15) is 46.8 Å². The molecule has 2 rings (SSSR count). The first kappa shape index (κ1) is 11.1. The number of aryl methyl sites for hydroxylation is 1. The van der Waals surface area contributed by atoms with E-state index in [2.05, 4.69) is 5.32 Å². The van der Waals surface area contributed by atoms with E-state index >= 15 is 0 Å². The zero-order valence-electron chi connectivity index (χ0n) is 9.49. The number of hydrogen-bond donors (Lipinski definition) is 2. The summed E-state index contributed by atoms with van der Waals surface area (Å²) in [5.74, 6) is 0.139. The molecule has 3 nitrogen and oxygen atoms in total. The van der Waals surface area contributed by atoms with Crippen molar-refractivity contribution in [1.29, 1.82) is 0 Å². The van der Waals surface area contributed by atoms with Gasteiger partial charge < -0.3 is 10.4 Å². The molecular weight excluding hydrogens is 202 g/mol. The lowest BCUT2D eigenvalue weighted by molar-refractivity contribution is 0.112. The SMILES string of the molecule is Cc1cc(C=O)c(O)c([C@H]2CCCCN2)c1. The Morgan fingerprint density at radius 3 is 2.88 bits per heavy atom. The predicted octanol–water partition coefficient (Wildman–Crippen LogP) is 2.33. The highest BCUT2D eigenvalue weighted by atomic mass is 16.3. The molecule has 0 saturated carbocycles. The Morgan fingerprint density at radius 2 is 2.25 bits per heavy atom. The Labute approximate surface area is 95.5 Å². The van der Waals surface area contributed by atoms with E-state index in [4.69, 9.17) is 0 Å². The molecule has 0 amide bonds. The number of aromatic hydroxyl groups is 1. The lowest BCUT2D eigenvalue weighted by Gasteiger charge is -2.25. The van der Waals surface area contributed by atoms with Crippen LogP contribution in [0.2, 0.25) is 0 Å². The molecular formula is C13H17NO2. The van der Waals surface area contributed by atoms with Gasteiger partial charge >= 0.3 is 0 Å². The minimum Gasteiger partial charge on any atom is -0.507 e. The molecule has 0 spiro atoms. The summed E-state index contributed by atoms with van der Waals surface area (Å²) in [6, 6.07) is 3.87. The average Bonchev–Trinajstić information content (AvgIpc) is 2.33. The van der Waals surface area contributed by atoms with Gasteiger partial charge in [0, 0.05) is 11.6 Å². The van der Waals surface area contributed by atoms with Crippen molar-refractivity contribution < 1.29 is 9.90 Å². The second kappa shape index (κ2) is 4.66. The Morgan fingerprint density at radius 1 is 1.44 bits per heavy atom. The molecule has 0 radical (unpaired) electrons. The normalized spacial score (nSPS) is 20.7. The summed E-state index contributed by atoms with van der Waals surface area (Å²) in [6.07, 6.45) is 4.09. The van der Waals surface area contributed by atoms with E-state index in [1.807, 2.05) is 13.0 Å². The van der Waals surface area contributed by atoms with Crippen molar-refractivity contribution in [2.75, 3.05) is 6.54 Å². The fourth-order valence-corrected chi connectivity index (χ4v) is 2.31. The molecule has 1 aliphatic rings. The van der Waals surface area contributed by atoms with Crippen LogP contribution in [0.3, 0.4) is 0 Å². The van der Waals surface area contributed by atoms with Crippen molar-refractivity contribution in [1.82, 2.24) is 5.32 Å². The first-order valence-corrected chi connectivity index (χ1v) is 5.74. The number of phenolic OH excluding ortho intramolecular Hbond substituents is 1. The third-order valence-corrected chi connectivity index (χ3v) is 3.13. The molecule has 1 aromatic carbocycles. The number of carbonyl (C=O) groups is 1. The summed E-state index contributed by atoms with van der Waals surface area (Å²) in [5.41, 5.74) is 2.27. The van der Waals surface area contributed by atoms with Crippen LogP contribution in [0.15, 0.2) is 12.1 Å². The number of hydrogen-bond acceptors (Lipinski definition) is 3. The van der Waals surface area contributed by atoms with Gasteiger partial charge in [0.25, 0.3) is 0 Å². The highest BCUT2D eigenvalue weighted by Crippen LogP contribution is 2.32. The minimum absolute atomic E-state index is 0.139. The second-order valence-corrected chi connectivity index (χ2v) is 4.41. The van der Waals surface area contributed by atoms with E-state index in [-0.39, 0.29) is 11.8 Å². The van der Waals surface area contributed by atoms with E-state index < -0.39 is 0 Å². The summed E-state index contributed by atoms with van der Waals surface area (Å²) in [4.78, 5) is 10.8. The Kier molecular flexibility index (Phi) is 3.25. The molecule has 0 aromatic heterocycles. The third-order valence-electron chi connectivity index (χ3n) is 3.13. The third kappa shape index (κ3) is 2.09. The minimum atomic E-state index is 0.139.